The van der Waals surface area contributed by atoms with Gasteiger partial charge in [-0.25, -0.2) is 0 Å². The first-order valence-corrected chi connectivity index (χ1v) is 4.91. The zero-order chi connectivity index (χ0) is 9.41. The minimum Gasteiger partial charge on any atom is -0.291 e. The van der Waals surface area contributed by atoms with Crippen LogP contribution in [0, 0.1) is 0 Å². The van der Waals surface area contributed by atoms with Crippen molar-refractivity contribution in [3.63, 3.8) is 0 Å². The van der Waals surface area contributed by atoms with E-state index in [0.29, 0.717) is 13.3 Å². The number of alkyl halides is 2. The standard InChI is InChI=1S/C8H12F2OS/c1-7(4-3-5-12-7)6(11)8(2,9)10/h3-5H2,1-2H3. The molecule has 1 saturated heterocycles. The van der Waals surface area contributed by atoms with E-state index in [2.05, 4.69) is 0 Å². The van der Waals surface area contributed by atoms with Gasteiger partial charge in [0.2, 0.25) is 5.78 Å². The summed E-state index contributed by atoms with van der Waals surface area (Å²) in [4.78, 5) is 11.2. The summed E-state index contributed by atoms with van der Waals surface area (Å²) in [6.07, 6.45) is 1.45. The Labute approximate surface area is 74.9 Å². The van der Waals surface area contributed by atoms with Gasteiger partial charge < -0.3 is 0 Å². The molecule has 70 valence electrons. The highest BCUT2D eigenvalue weighted by molar-refractivity contribution is 8.01. The highest BCUT2D eigenvalue weighted by atomic mass is 32.2. The van der Waals surface area contributed by atoms with Crippen LogP contribution in [0.4, 0.5) is 8.78 Å². The molecule has 1 heterocycles. The molecule has 0 aromatic heterocycles. The van der Waals surface area contributed by atoms with Crippen molar-refractivity contribution in [3.05, 3.63) is 0 Å². The average Bonchev–Trinajstić information content (AvgIpc) is 2.34. The first-order chi connectivity index (χ1) is 5.36. The van der Waals surface area contributed by atoms with Crippen molar-refractivity contribution in [1.29, 1.82) is 0 Å². The average molecular weight is 194 g/mol. The summed E-state index contributed by atoms with van der Waals surface area (Å²) in [5.41, 5.74) is 0. The number of hydrogen-bond donors (Lipinski definition) is 0. The van der Waals surface area contributed by atoms with Crippen LogP contribution in [0.25, 0.3) is 0 Å². The monoisotopic (exact) mass is 194 g/mol. The molecule has 0 aromatic rings. The third kappa shape index (κ3) is 1.79. The van der Waals surface area contributed by atoms with Gasteiger partial charge in [0.1, 0.15) is 0 Å². The summed E-state index contributed by atoms with van der Waals surface area (Å²) in [6, 6.07) is 0. The van der Waals surface area contributed by atoms with Gasteiger partial charge in [-0.05, 0) is 25.5 Å². The number of halogens is 2. The molecule has 1 aliphatic rings. The van der Waals surface area contributed by atoms with Gasteiger partial charge in [-0.1, -0.05) is 0 Å². The van der Waals surface area contributed by atoms with E-state index in [9.17, 15) is 13.6 Å². The number of carbonyl (C=O) groups excluding carboxylic acids is 1. The van der Waals surface area contributed by atoms with E-state index in [-0.39, 0.29) is 0 Å². The summed E-state index contributed by atoms with van der Waals surface area (Å²) >= 11 is 1.35. The molecule has 4 heteroatoms. The smallest absolute Gasteiger partial charge is 0.291 e. The summed E-state index contributed by atoms with van der Waals surface area (Å²) in [6.45, 7) is 2.30. The Kier molecular flexibility index (Phi) is 2.47. The highest BCUT2D eigenvalue weighted by Gasteiger charge is 2.47. The fraction of sp³-hybridized carbons (Fsp3) is 0.875. The minimum atomic E-state index is -3.17. The van der Waals surface area contributed by atoms with E-state index in [1.165, 1.54) is 11.8 Å². The second-order valence-corrected chi connectivity index (χ2v) is 5.00. The SMILES string of the molecule is CC(F)(F)C(=O)C1(C)CCCS1. The number of thioether (sulfide) groups is 1. The van der Waals surface area contributed by atoms with E-state index in [1.54, 1.807) is 6.92 Å². The molecule has 0 aromatic carbocycles. The van der Waals surface area contributed by atoms with Crippen molar-refractivity contribution in [3.8, 4) is 0 Å². The molecule has 1 unspecified atom stereocenters. The predicted octanol–water partition coefficient (Wildman–Crippen LogP) is 2.50. The first-order valence-electron chi connectivity index (χ1n) is 3.93. The van der Waals surface area contributed by atoms with Crippen molar-refractivity contribution in [2.45, 2.75) is 37.4 Å². The number of carbonyl (C=O) groups is 1. The molecular weight excluding hydrogens is 182 g/mol. The van der Waals surface area contributed by atoms with Crippen LogP contribution in [-0.4, -0.2) is 22.2 Å². The van der Waals surface area contributed by atoms with Crippen molar-refractivity contribution in [1.82, 2.24) is 0 Å². The lowest BCUT2D eigenvalue weighted by Gasteiger charge is -2.24. The number of ketones is 1. The number of rotatable bonds is 2. The zero-order valence-corrected chi connectivity index (χ0v) is 8.01. The summed E-state index contributed by atoms with van der Waals surface area (Å²) in [5, 5.41) is 0. The highest BCUT2D eigenvalue weighted by Crippen LogP contribution is 2.41. The normalized spacial score (nSPS) is 30.7. The fourth-order valence-corrected chi connectivity index (χ4v) is 2.76. The van der Waals surface area contributed by atoms with E-state index in [1.807, 2.05) is 0 Å². The van der Waals surface area contributed by atoms with Crippen molar-refractivity contribution >= 4 is 17.5 Å². The van der Waals surface area contributed by atoms with Crippen LogP contribution in [0.3, 0.4) is 0 Å². The molecular formula is C8H12F2OS. The molecule has 1 fully saturated rings. The van der Waals surface area contributed by atoms with Gasteiger partial charge in [0.05, 0.1) is 4.75 Å². The molecule has 0 spiro atoms. The molecule has 0 N–H and O–H groups in total. The Bertz CT molecular complexity index is 192. The maximum Gasteiger partial charge on any atom is 0.303 e. The minimum absolute atomic E-state index is 0.583. The molecule has 1 aliphatic heterocycles. The van der Waals surface area contributed by atoms with Crippen molar-refractivity contribution in [2.24, 2.45) is 0 Å². The summed E-state index contributed by atoms with van der Waals surface area (Å²) in [7, 11) is 0. The van der Waals surface area contributed by atoms with Crippen molar-refractivity contribution in [2.75, 3.05) is 5.75 Å². The first kappa shape index (κ1) is 9.96. The lowest BCUT2D eigenvalue weighted by atomic mass is 9.96. The molecule has 0 amide bonds. The molecule has 1 rings (SSSR count). The van der Waals surface area contributed by atoms with Gasteiger partial charge >= 0.3 is 5.92 Å². The predicted molar refractivity (Wildman–Crippen MR) is 45.7 cm³/mol. The molecule has 0 bridgehead atoms. The van der Waals surface area contributed by atoms with Gasteiger partial charge in [-0.2, -0.15) is 8.78 Å². The maximum atomic E-state index is 12.7. The molecule has 0 aliphatic carbocycles. The Hall–Kier alpha value is -0.120. The second-order valence-electron chi connectivity index (χ2n) is 3.40. The maximum absolute atomic E-state index is 12.7. The summed E-state index contributed by atoms with van der Waals surface area (Å²) in [5.74, 6) is -3.28. The Morgan fingerprint density at radius 3 is 2.50 bits per heavy atom. The van der Waals surface area contributed by atoms with Crippen molar-refractivity contribution < 1.29 is 13.6 Å². The zero-order valence-electron chi connectivity index (χ0n) is 7.19. The Morgan fingerprint density at radius 2 is 2.17 bits per heavy atom. The third-order valence-corrected chi connectivity index (χ3v) is 3.62. The van der Waals surface area contributed by atoms with Crippen LogP contribution < -0.4 is 0 Å². The largest absolute Gasteiger partial charge is 0.303 e. The van der Waals surface area contributed by atoms with Gasteiger partial charge in [0.25, 0.3) is 0 Å². The van der Waals surface area contributed by atoms with Crippen LogP contribution in [0.1, 0.15) is 26.7 Å². The van der Waals surface area contributed by atoms with Crippen LogP contribution in [0.5, 0.6) is 0 Å². The quantitative estimate of drug-likeness (QED) is 0.671. The molecule has 12 heavy (non-hydrogen) atoms. The van der Waals surface area contributed by atoms with Crippen LogP contribution in [0.2, 0.25) is 0 Å². The Balaban J connectivity index is 2.75. The fourth-order valence-electron chi connectivity index (χ4n) is 1.42. The topological polar surface area (TPSA) is 17.1 Å². The Morgan fingerprint density at radius 1 is 1.58 bits per heavy atom. The number of Topliss-reactive ketones (excluding diaryl/α,β-unsaturated/α-hetero) is 1. The lowest BCUT2D eigenvalue weighted by Crippen LogP contribution is -2.40. The van der Waals surface area contributed by atoms with Gasteiger partial charge in [-0.3, -0.25) is 4.79 Å². The third-order valence-electron chi connectivity index (χ3n) is 2.10. The van der Waals surface area contributed by atoms with Crippen LogP contribution >= 0.6 is 11.8 Å². The molecule has 0 radical (unpaired) electrons. The van der Waals surface area contributed by atoms with Gasteiger partial charge in [0, 0.05) is 6.92 Å². The van der Waals surface area contributed by atoms with E-state index in [0.717, 1.165) is 12.2 Å². The van der Waals surface area contributed by atoms with E-state index in [4.69, 9.17) is 0 Å². The van der Waals surface area contributed by atoms with Gasteiger partial charge in [0.15, 0.2) is 0 Å². The summed E-state index contributed by atoms with van der Waals surface area (Å²) < 4.78 is 24.5. The second kappa shape index (κ2) is 2.98. The van der Waals surface area contributed by atoms with Gasteiger partial charge in [-0.15, -0.1) is 11.8 Å². The van der Waals surface area contributed by atoms with E-state index < -0.39 is 16.5 Å². The number of hydrogen-bond acceptors (Lipinski definition) is 2. The van der Waals surface area contributed by atoms with E-state index >= 15 is 0 Å². The van der Waals surface area contributed by atoms with Crippen LogP contribution in [-0.2, 0) is 4.79 Å². The molecule has 1 atom stereocenters. The molecule has 0 saturated carbocycles. The molecule has 1 nitrogen and oxygen atoms in total. The van der Waals surface area contributed by atoms with Crippen LogP contribution in [0.15, 0.2) is 0 Å². The lowest BCUT2D eigenvalue weighted by molar-refractivity contribution is -0.142.